The summed E-state index contributed by atoms with van der Waals surface area (Å²) in [7, 11) is 1.73. The molecule has 96 valence electrons. The lowest BCUT2D eigenvalue weighted by molar-refractivity contribution is -0.116. The van der Waals surface area contributed by atoms with Crippen LogP contribution in [0.3, 0.4) is 0 Å². The fraction of sp³-hybridized carbons (Fsp3) is 1.00. The molecule has 0 spiro atoms. The third kappa shape index (κ3) is 4.04. The quantitative estimate of drug-likeness (QED) is 0.760. The van der Waals surface area contributed by atoms with Crippen LogP contribution in [-0.4, -0.2) is 32.0 Å². The van der Waals surface area contributed by atoms with Crippen LogP contribution >= 0.6 is 0 Å². The van der Waals surface area contributed by atoms with Crippen LogP contribution in [0.2, 0.25) is 0 Å². The van der Waals surface area contributed by atoms with Crippen LogP contribution in [0, 0.1) is 5.92 Å². The molecule has 2 N–H and O–H groups in total. The summed E-state index contributed by atoms with van der Waals surface area (Å²) in [6, 6.07) is 0. The Labute approximate surface area is 99.7 Å². The Morgan fingerprint density at radius 3 is 2.81 bits per heavy atom. The normalized spacial score (nSPS) is 32.6. The summed E-state index contributed by atoms with van der Waals surface area (Å²) in [6.45, 7) is 5.83. The minimum atomic E-state index is -0.0647. The molecule has 1 rings (SSSR count). The standard InChI is InChI=1S/C13H27NO2/c1-11-5-4-7-13(9-11,10-14)16-12(2)6-8-15-3/h11-12H,4-10,14H2,1-3H3. The smallest absolute Gasteiger partial charge is 0.0810 e. The molecule has 0 aromatic rings. The molecule has 0 aliphatic heterocycles. The fourth-order valence-corrected chi connectivity index (χ4v) is 2.72. The second-order valence-electron chi connectivity index (χ2n) is 5.30. The molecule has 1 fully saturated rings. The minimum Gasteiger partial charge on any atom is -0.385 e. The van der Waals surface area contributed by atoms with Crippen molar-refractivity contribution in [2.75, 3.05) is 20.3 Å². The number of ether oxygens (including phenoxy) is 2. The van der Waals surface area contributed by atoms with Gasteiger partial charge in [0.25, 0.3) is 0 Å². The average molecular weight is 229 g/mol. The van der Waals surface area contributed by atoms with E-state index < -0.39 is 0 Å². The zero-order chi connectivity index (χ0) is 12.0. The van der Waals surface area contributed by atoms with E-state index in [0.29, 0.717) is 6.54 Å². The Bertz CT molecular complexity index is 198. The summed E-state index contributed by atoms with van der Waals surface area (Å²) in [5.74, 6) is 0.743. The molecule has 0 bridgehead atoms. The zero-order valence-electron chi connectivity index (χ0n) is 11.0. The molecule has 3 unspecified atom stereocenters. The third-order valence-electron chi connectivity index (χ3n) is 3.60. The van der Waals surface area contributed by atoms with E-state index in [4.69, 9.17) is 15.2 Å². The largest absolute Gasteiger partial charge is 0.385 e. The van der Waals surface area contributed by atoms with Gasteiger partial charge in [-0.1, -0.05) is 19.8 Å². The summed E-state index contributed by atoms with van der Waals surface area (Å²) in [5, 5.41) is 0. The van der Waals surface area contributed by atoms with Gasteiger partial charge >= 0.3 is 0 Å². The molecule has 0 aromatic carbocycles. The SMILES string of the molecule is COCCC(C)OC1(CN)CCCC(C)C1. The van der Waals surface area contributed by atoms with Gasteiger partial charge in [0.05, 0.1) is 11.7 Å². The Morgan fingerprint density at radius 1 is 1.50 bits per heavy atom. The molecule has 0 saturated heterocycles. The van der Waals surface area contributed by atoms with Gasteiger partial charge in [-0.05, 0) is 32.1 Å². The maximum Gasteiger partial charge on any atom is 0.0810 e. The summed E-state index contributed by atoms with van der Waals surface area (Å²) in [5.41, 5.74) is 5.86. The lowest BCUT2D eigenvalue weighted by Gasteiger charge is -2.41. The van der Waals surface area contributed by atoms with Crippen LogP contribution in [0.4, 0.5) is 0 Å². The average Bonchev–Trinajstić information content (AvgIpc) is 2.26. The van der Waals surface area contributed by atoms with Crippen molar-refractivity contribution in [2.24, 2.45) is 11.7 Å². The predicted molar refractivity (Wildman–Crippen MR) is 66.5 cm³/mol. The van der Waals surface area contributed by atoms with E-state index in [1.54, 1.807) is 7.11 Å². The molecule has 1 saturated carbocycles. The van der Waals surface area contributed by atoms with Crippen LogP contribution in [0.25, 0.3) is 0 Å². The first-order chi connectivity index (χ1) is 7.62. The second-order valence-corrected chi connectivity index (χ2v) is 5.30. The first-order valence-corrected chi connectivity index (χ1v) is 6.49. The monoisotopic (exact) mass is 229 g/mol. The number of hydrogen-bond donors (Lipinski definition) is 1. The summed E-state index contributed by atoms with van der Waals surface area (Å²) < 4.78 is 11.3. The Morgan fingerprint density at radius 2 is 2.25 bits per heavy atom. The fourth-order valence-electron chi connectivity index (χ4n) is 2.72. The van der Waals surface area contributed by atoms with E-state index in [1.165, 1.54) is 12.8 Å². The molecule has 3 atom stereocenters. The first kappa shape index (κ1) is 13.9. The van der Waals surface area contributed by atoms with E-state index in [1.807, 2.05) is 0 Å². The van der Waals surface area contributed by atoms with E-state index >= 15 is 0 Å². The highest BCUT2D eigenvalue weighted by Gasteiger charge is 2.35. The highest BCUT2D eigenvalue weighted by molar-refractivity contribution is 4.88. The maximum absolute atomic E-state index is 6.20. The van der Waals surface area contributed by atoms with Gasteiger partial charge in [0.1, 0.15) is 0 Å². The van der Waals surface area contributed by atoms with Crippen molar-refractivity contribution in [2.45, 2.75) is 57.7 Å². The predicted octanol–water partition coefficient (Wildman–Crippen LogP) is 2.34. The van der Waals surface area contributed by atoms with Gasteiger partial charge in [-0.25, -0.2) is 0 Å². The van der Waals surface area contributed by atoms with Crippen LogP contribution in [0.1, 0.15) is 46.0 Å². The van der Waals surface area contributed by atoms with Crippen molar-refractivity contribution in [3.8, 4) is 0 Å². The van der Waals surface area contributed by atoms with Gasteiger partial charge in [-0.2, -0.15) is 0 Å². The van der Waals surface area contributed by atoms with Crippen LogP contribution in [0.15, 0.2) is 0 Å². The molecule has 0 radical (unpaired) electrons. The molecule has 1 aliphatic rings. The van der Waals surface area contributed by atoms with Crippen LogP contribution in [0.5, 0.6) is 0 Å². The lowest BCUT2D eigenvalue weighted by atomic mass is 9.78. The van der Waals surface area contributed by atoms with E-state index in [0.717, 1.165) is 31.8 Å². The van der Waals surface area contributed by atoms with Gasteiger partial charge < -0.3 is 15.2 Å². The molecule has 1 aliphatic carbocycles. The molecule has 3 nitrogen and oxygen atoms in total. The molecule has 0 amide bonds. The van der Waals surface area contributed by atoms with Crippen molar-refractivity contribution >= 4 is 0 Å². The molecular formula is C13H27NO2. The van der Waals surface area contributed by atoms with Crippen molar-refractivity contribution in [3.63, 3.8) is 0 Å². The Kier molecular flexibility index (Phi) is 5.73. The van der Waals surface area contributed by atoms with Crippen molar-refractivity contribution < 1.29 is 9.47 Å². The summed E-state index contributed by atoms with van der Waals surface area (Å²) in [6.07, 6.45) is 5.99. The van der Waals surface area contributed by atoms with Crippen LogP contribution < -0.4 is 5.73 Å². The number of rotatable bonds is 6. The maximum atomic E-state index is 6.20. The topological polar surface area (TPSA) is 44.5 Å². The Balaban J connectivity index is 2.45. The van der Waals surface area contributed by atoms with Crippen molar-refractivity contribution in [1.29, 1.82) is 0 Å². The van der Waals surface area contributed by atoms with Gasteiger partial charge in [0.15, 0.2) is 0 Å². The molecule has 0 heterocycles. The Hall–Kier alpha value is -0.120. The van der Waals surface area contributed by atoms with E-state index in [-0.39, 0.29) is 11.7 Å². The first-order valence-electron chi connectivity index (χ1n) is 6.49. The molecular weight excluding hydrogens is 202 g/mol. The molecule has 3 heteroatoms. The summed E-state index contributed by atoms with van der Waals surface area (Å²) in [4.78, 5) is 0. The highest BCUT2D eigenvalue weighted by atomic mass is 16.5. The van der Waals surface area contributed by atoms with Crippen molar-refractivity contribution in [3.05, 3.63) is 0 Å². The summed E-state index contributed by atoms with van der Waals surface area (Å²) >= 11 is 0. The molecule has 16 heavy (non-hydrogen) atoms. The van der Waals surface area contributed by atoms with Gasteiger partial charge in [-0.15, -0.1) is 0 Å². The number of hydrogen-bond acceptors (Lipinski definition) is 3. The van der Waals surface area contributed by atoms with E-state index in [2.05, 4.69) is 13.8 Å². The second kappa shape index (κ2) is 6.58. The van der Waals surface area contributed by atoms with Crippen LogP contribution in [-0.2, 0) is 9.47 Å². The van der Waals surface area contributed by atoms with E-state index in [9.17, 15) is 0 Å². The van der Waals surface area contributed by atoms with Gasteiger partial charge in [0.2, 0.25) is 0 Å². The lowest BCUT2D eigenvalue weighted by Crippen LogP contribution is -2.46. The number of methoxy groups -OCH3 is 1. The number of nitrogens with two attached hydrogens (primary N) is 1. The van der Waals surface area contributed by atoms with Crippen molar-refractivity contribution in [1.82, 2.24) is 0 Å². The van der Waals surface area contributed by atoms with Gasteiger partial charge in [0, 0.05) is 20.3 Å². The third-order valence-corrected chi connectivity index (χ3v) is 3.60. The highest BCUT2D eigenvalue weighted by Crippen LogP contribution is 2.35. The van der Waals surface area contributed by atoms with Gasteiger partial charge in [-0.3, -0.25) is 0 Å². The zero-order valence-corrected chi connectivity index (χ0v) is 11.0. The minimum absolute atomic E-state index is 0.0647. The molecule has 0 aromatic heterocycles.